The first-order valence-electron chi connectivity index (χ1n) is 4.07. The van der Waals surface area contributed by atoms with Crippen LogP contribution >= 0.6 is 0 Å². The average molecular weight is 177 g/mol. The Balaban J connectivity index is 2.75. The van der Waals surface area contributed by atoms with E-state index in [1.54, 1.807) is 24.3 Å². The highest BCUT2D eigenvalue weighted by molar-refractivity contribution is 5.31. The number of nitriles is 1. The highest BCUT2D eigenvalue weighted by Gasteiger charge is 2.05. The van der Waals surface area contributed by atoms with Gasteiger partial charge in [-0.25, -0.2) is 0 Å². The largest absolute Gasteiger partial charge is 0.364 e. The Labute approximate surface area is 77.2 Å². The lowest BCUT2D eigenvalue weighted by molar-refractivity contribution is -0.0979. The molecule has 1 rings (SSSR count). The van der Waals surface area contributed by atoms with Gasteiger partial charge in [-0.3, -0.25) is 0 Å². The Morgan fingerprint density at radius 1 is 1.46 bits per heavy atom. The van der Waals surface area contributed by atoms with Crippen molar-refractivity contribution >= 4 is 0 Å². The summed E-state index contributed by atoms with van der Waals surface area (Å²) in [6.07, 6.45) is -0.891. The summed E-state index contributed by atoms with van der Waals surface area (Å²) in [6, 6.07) is 8.66. The Morgan fingerprint density at radius 3 is 2.54 bits per heavy atom. The summed E-state index contributed by atoms with van der Waals surface area (Å²) in [5, 5.41) is 17.9. The van der Waals surface area contributed by atoms with Crippen LogP contribution in [0.1, 0.15) is 24.3 Å². The van der Waals surface area contributed by atoms with E-state index >= 15 is 0 Å². The van der Waals surface area contributed by atoms with Crippen molar-refractivity contribution in [2.45, 2.75) is 13.2 Å². The number of aliphatic hydroxyl groups is 1. The minimum absolute atomic E-state index is 0.459. The number of aliphatic hydroxyl groups excluding tert-OH is 1. The van der Waals surface area contributed by atoms with E-state index in [1.165, 1.54) is 0 Å². The van der Waals surface area contributed by atoms with Crippen LogP contribution in [0.15, 0.2) is 24.3 Å². The summed E-state index contributed by atoms with van der Waals surface area (Å²) in [6.45, 7) is 2.27. The number of rotatable bonds is 3. The zero-order valence-corrected chi connectivity index (χ0v) is 7.40. The second kappa shape index (κ2) is 4.61. The van der Waals surface area contributed by atoms with Crippen LogP contribution in [0.2, 0.25) is 0 Å². The summed E-state index contributed by atoms with van der Waals surface area (Å²) in [4.78, 5) is 0. The van der Waals surface area contributed by atoms with Crippen LogP contribution in [0.25, 0.3) is 0 Å². The van der Waals surface area contributed by atoms with Gasteiger partial charge in [0, 0.05) is 12.2 Å². The first kappa shape index (κ1) is 9.72. The molecule has 1 unspecified atom stereocenters. The van der Waals surface area contributed by atoms with Crippen LogP contribution in [0.5, 0.6) is 0 Å². The summed E-state index contributed by atoms with van der Waals surface area (Å²) in [5.74, 6) is 0. The predicted molar refractivity (Wildman–Crippen MR) is 47.7 cm³/mol. The molecule has 0 aliphatic heterocycles. The third kappa shape index (κ3) is 2.55. The summed E-state index contributed by atoms with van der Waals surface area (Å²) in [7, 11) is 0. The van der Waals surface area contributed by atoms with Crippen molar-refractivity contribution in [1.29, 1.82) is 5.26 Å². The molecule has 1 N–H and O–H groups in total. The molecule has 13 heavy (non-hydrogen) atoms. The Kier molecular flexibility index (Phi) is 3.44. The van der Waals surface area contributed by atoms with Gasteiger partial charge >= 0.3 is 0 Å². The van der Waals surface area contributed by atoms with Gasteiger partial charge in [0.15, 0.2) is 6.29 Å². The van der Waals surface area contributed by atoms with E-state index in [0.29, 0.717) is 17.7 Å². The number of hydrogen-bond donors (Lipinski definition) is 1. The van der Waals surface area contributed by atoms with Crippen molar-refractivity contribution in [2.24, 2.45) is 0 Å². The van der Waals surface area contributed by atoms with E-state index in [1.807, 2.05) is 13.0 Å². The Morgan fingerprint density at radius 2 is 2.08 bits per heavy atom. The highest BCUT2D eigenvalue weighted by Crippen LogP contribution is 2.14. The molecule has 0 spiro atoms. The van der Waals surface area contributed by atoms with Gasteiger partial charge in [-0.05, 0) is 19.1 Å². The standard InChI is InChI=1S/C10H11NO2/c1-2-13-10(12)9-5-3-8(7-11)4-6-9/h3-6,10,12H,2H2,1H3. The van der Waals surface area contributed by atoms with E-state index in [0.717, 1.165) is 0 Å². The first-order valence-corrected chi connectivity index (χ1v) is 4.07. The van der Waals surface area contributed by atoms with Crippen LogP contribution in [-0.2, 0) is 4.74 Å². The molecule has 1 atom stereocenters. The predicted octanol–water partition coefficient (Wildman–Crippen LogP) is 1.59. The fourth-order valence-electron chi connectivity index (χ4n) is 0.976. The third-order valence-corrected chi connectivity index (χ3v) is 1.65. The van der Waals surface area contributed by atoms with Crippen molar-refractivity contribution < 1.29 is 9.84 Å². The number of ether oxygens (including phenoxy) is 1. The van der Waals surface area contributed by atoms with Gasteiger partial charge < -0.3 is 9.84 Å². The minimum Gasteiger partial charge on any atom is -0.364 e. The zero-order valence-electron chi connectivity index (χ0n) is 7.40. The van der Waals surface area contributed by atoms with E-state index in [-0.39, 0.29) is 0 Å². The highest BCUT2D eigenvalue weighted by atomic mass is 16.6. The summed E-state index contributed by atoms with van der Waals surface area (Å²) in [5.41, 5.74) is 1.24. The van der Waals surface area contributed by atoms with Gasteiger partial charge in [-0.2, -0.15) is 5.26 Å². The van der Waals surface area contributed by atoms with Crippen LogP contribution in [0.3, 0.4) is 0 Å². The molecule has 0 aliphatic rings. The average Bonchev–Trinajstić information content (AvgIpc) is 2.18. The molecule has 0 saturated heterocycles. The number of hydrogen-bond acceptors (Lipinski definition) is 3. The van der Waals surface area contributed by atoms with Crippen LogP contribution in [-0.4, -0.2) is 11.7 Å². The van der Waals surface area contributed by atoms with Crippen molar-refractivity contribution in [3.05, 3.63) is 35.4 Å². The maximum absolute atomic E-state index is 9.38. The van der Waals surface area contributed by atoms with E-state index < -0.39 is 6.29 Å². The minimum atomic E-state index is -0.891. The van der Waals surface area contributed by atoms with Gasteiger partial charge in [0.05, 0.1) is 11.6 Å². The number of nitrogens with zero attached hydrogens (tertiary/aromatic N) is 1. The van der Waals surface area contributed by atoms with Gasteiger partial charge in [-0.1, -0.05) is 12.1 Å². The third-order valence-electron chi connectivity index (χ3n) is 1.65. The van der Waals surface area contributed by atoms with Crippen LogP contribution in [0.4, 0.5) is 0 Å². The molecule has 3 heteroatoms. The van der Waals surface area contributed by atoms with Crippen LogP contribution < -0.4 is 0 Å². The molecule has 0 bridgehead atoms. The molecule has 1 aromatic carbocycles. The van der Waals surface area contributed by atoms with Crippen molar-refractivity contribution in [1.82, 2.24) is 0 Å². The summed E-state index contributed by atoms with van der Waals surface area (Å²) >= 11 is 0. The zero-order chi connectivity index (χ0) is 9.68. The van der Waals surface area contributed by atoms with Gasteiger partial charge in [0.2, 0.25) is 0 Å². The van der Waals surface area contributed by atoms with Gasteiger partial charge in [0.25, 0.3) is 0 Å². The van der Waals surface area contributed by atoms with Gasteiger partial charge in [-0.15, -0.1) is 0 Å². The van der Waals surface area contributed by atoms with Gasteiger partial charge in [0.1, 0.15) is 0 Å². The fraction of sp³-hybridized carbons (Fsp3) is 0.300. The summed E-state index contributed by atoms with van der Waals surface area (Å²) < 4.78 is 4.97. The molecule has 0 aliphatic carbocycles. The quantitative estimate of drug-likeness (QED) is 0.713. The van der Waals surface area contributed by atoms with Crippen molar-refractivity contribution in [3.8, 4) is 6.07 Å². The smallest absolute Gasteiger partial charge is 0.181 e. The van der Waals surface area contributed by atoms with E-state index in [9.17, 15) is 5.11 Å². The SMILES string of the molecule is CCOC(O)c1ccc(C#N)cc1. The fourth-order valence-corrected chi connectivity index (χ4v) is 0.976. The molecular formula is C10H11NO2. The molecule has 0 amide bonds. The lowest BCUT2D eigenvalue weighted by atomic mass is 10.1. The lowest BCUT2D eigenvalue weighted by Crippen LogP contribution is -2.02. The topological polar surface area (TPSA) is 53.2 Å². The number of benzene rings is 1. The van der Waals surface area contributed by atoms with Crippen molar-refractivity contribution in [2.75, 3.05) is 6.61 Å². The first-order chi connectivity index (χ1) is 6.27. The maximum Gasteiger partial charge on any atom is 0.181 e. The molecule has 0 aromatic heterocycles. The molecule has 3 nitrogen and oxygen atoms in total. The second-order valence-electron chi connectivity index (χ2n) is 2.54. The molecule has 0 saturated carbocycles. The van der Waals surface area contributed by atoms with E-state index in [4.69, 9.17) is 10.00 Å². The monoisotopic (exact) mass is 177 g/mol. The van der Waals surface area contributed by atoms with Crippen LogP contribution in [0, 0.1) is 11.3 Å². The molecule has 1 aromatic rings. The van der Waals surface area contributed by atoms with Crippen molar-refractivity contribution in [3.63, 3.8) is 0 Å². The molecule has 0 fully saturated rings. The van der Waals surface area contributed by atoms with E-state index in [2.05, 4.69) is 0 Å². The Hall–Kier alpha value is -1.37. The molecule has 0 heterocycles. The second-order valence-corrected chi connectivity index (χ2v) is 2.54. The Bertz CT molecular complexity index is 300. The lowest BCUT2D eigenvalue weighted by Gasteiger charge is -2.09. The normalized spacial score (nSPS) is 12.1. The molecule has 0 radical (unpaired) electrons. The molecular weight excluding hydrogens is 166 g/mol. The molecule has 68 valence electrons. The maximum atomic E-state index is 9.38.